The lowest BCUT2D eigenvalue weighted by Gasteiger charge is -2.27. The van der Waals surface area contributed by atoms with Crippen molar-refractivity contribution in [1.29, 1.82) is 0 Å². The molecule has 0 aliphatic heterocycles. The van der Waals surface area contributed by atoms with Crippen molar-refractivity contribution in [3.8, 4) is 0 Å². The monoisotopic (exact) mass is 229 g/mol. The molecule has 1 N–H and O–H groups in total. The van der Waals surface area contributed by atoms with E-state index in [1.165, 1.54) is 32.1 Å². The van der Waals surface area contributed by atoms with Crippen LogP contribution in [-0.2, 0) is 0 Å². The summed E-state index contributed by atoms with van der Waals surface area (Å²) in [7, 11) is 0. The van der Waals surface area contributed by atoms with E-state index < -0.39 is 0 Å². The molecule has 1 aliphatic carbocycles. The molecule has 0 aromatic heterocycles. The Kier molecular flexibility index (Phi) is 5.48. The lowest BCUT2D eigenvalue weighted by molar-refractivity contribution is 0.428. The van der Waals surface area contributed by atoms with Crippen LogP contribution in [0.1, 0.15) is 59.8 Å². The fourth-order valence-electron chi connectivity index (χ4n) is 2.03. The van der Waals surface area contributed by atoms with E-state index in [-0.39, 0.29) is 5.54 Å². The summed E-state index contributed by atoms with van der Waals surface area (Å²) >= 11 is 2.20. The molecule has 0 bridgehead atoms. The van der Waals surface area contributed by atoms with Crippen LogP contribution in [0, 0.1) is 0 Å². The van der Waals surface area contributed by atoms with Crippen molar-refractivity contribution < 1.29 is 0 Å². The van der Waals surface area contributed by atoms with Crippen molar-refractivity contribution in [2.24, 2.45) is 0 Å². The number of thioether (sulfide) groups is 1. The molecule has 0 heterocycles. The molecular formula is C13H27NS. The highest BCUT2D eigenvalue weighted by Crippen LogP contribution is 2.30. The van der Waals surface area contributed by atoms with Gasteiger partial charge >= 0.3 is 0 Å². The molecule has 1 atom stereocenters. The molecule has 1 rings (SSSR count). The largest absolute Gasteiger partial charge is 0.311 e. The molecule has 1 nitrogen and oxygen atoms in total. The summed E-state index contributed by atoms with van der Waals surface area (Å²) in [5, 5.41) is 5.29. The van der Waals surface area contributed by atoms with E-state index in [2.05, 4.69) is 44.8 Å². The molecule has 0 amide bonds. The second-order valence-corrected chi connectivity index (χ2v) is 7.58. The summed E-state index contributed by atoms with van der Waals surface area (Å²) in [6, 6.07) is 0. The summed E-state index contributed by atoms with van der Waals surface area (Å²) in [6.07, 6.45) is 7.27. The highest BCUT2D eigenvalue weighted by molar-refractivity contribution is 8.00. The Morgan fingerprint density at radius 2 is 1.80 bits per heavy atom. The third-order valence-electron chi connectivity index (χ3n) is 2.90. The van der Waals surface area contributed by atoms with Crippen LogP contribution in [0.15, 0.2) is 0 Å². The molecule has 0 saturated heterocycles. The molecule has 1 aliphatic rings. The first-order chi connectivity index (χ1) is 6.97. The van der Waals surface area contributed by atoms with Crippen LogP contribution < -0.4 is 5.32 Å². The van der Waals surface area contributed by atoms with E-state index in [0.717, 1.165) is 17.0 Å². The van der Waals surface area contributed by atoms with E-state index in [9.17, 15) is 0 Å². The van der Waals surface area contributed by atoms with Crippen molar-refractivity contribution in [2.75, 3.05) is 6.54 Å². The van der Waals surface area contributed by atoms with Crippen LogP contribution in [0.25, 0.3) is 0 Å². The Morgan fingerprint density at radius 3 is 2.33 bits per heavy atom. The minimum Gasteiger partial charge on any atom is -0.311 e. The van der Waals surface area contributed by atoms with Crippen molar-refractivity contribution >= 4 is 11.8 Å². The number of hydrogen-bond acceptors (Lipinski definition) is 2. The average molecular weight is 229 g/mol. The molecule has 0 spiro atoms. The first-order valence-electron chi connectivity index (χ1n) is 6.38. The zero-order chi connectivity index (χ0) is 11.3. The predicted octanol–water partition coefficient (Wildman–Crippen LogP) is 3.83. The van der Waals surface area contributed by atoms with Gasteiger partial charge in [0.2, 0.25) is 0 Å². The molecule has 90 valence electrons. The van der Waals surface area contributed by atoms with Gasteiger partial charge in [0, 0.05) is 22.6 Å². The molecule has 1 unspecified atom stereocenters. The Balaban J connectivity index is 2.14. The predicted molar refractivity (Wildman–Crippen MR) is 71.7 cm³/mol. The zero-order valence-corrected chi connectivity index (χ0v) is 11.6. The molecule has 0 aromatic carbocycles. The molecular weight excluding hydrogens is 202 g/mol. The Labute approximate surface area is 99.8 Å². The molecule has 2 heteroatoms. The third-order valence-corrected chi connectivity index (χ3v) is 4.38. The van der Waals surface area contributed by atoms with Gasteiger partial charge in [-0.25, -0.2) is 0 Å². The number of nitrogens with one attached hydrogen (secondary N) is 1. The van der Waals surface area contributed by atoms with Crippen LogP contribution in [0.3, 0.4) is 0 Å². The van der Waals surface area contributed by atoms with Crippen LogP contribution in [0.4, 0.5) is 0 Å². The lowest BCUT2D eigenvalue weighted by Crippen LogP contribution is -2.39. The van der Waals surface area contributed by atoms with Gasteiger partial charge in [0.15, 0.2) is 0 Å². The third kappa shape index (κ3) is 6.47. The van der Waals surface area contributed by atoms with E-state index in [1.54, 1.807) is 0 Å². The van der Waals surface area contributed by atoms with Crippen LogP contribution in [0.5, 0.6) is 0 Å². The first kappa shape index (κ1) is 13.4. The van der Waals surface area contributed by atoms with Crippen molar-refractivity contribution in [3.63, 3.8) is 0 Å². The van der Waals surface area contributed by atoms with E-state index >= 15 is 0 Å². The average Bonchev–Trinajstić information content (AvgIpc) is 2.15. The van der Waals surface area contributed by atoms with Crippen LogP contribution in [0.2, 0.25) is 0 Å². The molecule has 1 fully saturated rings. The van der Waals surface area contributed by atoms with Crippen molar-refractivity contribution in [1.82, 2.24) is 5.32 Å². The summed E-state index contributed by atoms with van der Waals surface area (Å²) < 4.78 is 0. The Bertz CT molecular complexity index is 168. The van der Waals surface area contributed by atoms with Gasteiger partial charge < -0.3 is 5.32 Å². The van der Waals surface area contributed by atoms with E-state index in [0.29, 0.717) is 0 Å². The Hall–Kier alpha value is 0.310. The van der Waals surface area contributed by atoms with Gasteiger partial charge in [-0.05, 0) is 33.6 Å². The normalized spacial score (nSPS) is 21.6. The van der Waals surface area contributed by atoms with E-state index in [1.807, 2.05) is 0 Å². The van der Waals surface area contributed by atoms with Crippen molar-refractivity contribution in [3.05, 3.63) is 0 Å². The summed E-state index contributed by atoms with van der Waals surface area (Å²) in [5.74, 6) is 0. The maximum absolute atomic E-state index is 3.59. The van der Waals surface area contributed by atoms with Gasteiger partial charge in [0.05, 0.1) is 0 Å². The molecule has 0 aromatic rings. The molecule has 15 heavy (non-hydrogen) atoms. The minimum absolute atomic E-state index is 0.265. The quantitative estimate of drug-likeness (QED) is 0.786. The zero-order valence-electron chi connectivity index (χ0n) is 10.8. The summed E-state index contributed by atoms with van der Waals surface area (Å²) in [4.78, 5) is 0. The second kappa shape index (κ2) is 6.15. The molecule has 1 saturated carbocycles. The van der Waals surface area contributed by atoms with Gasteiger partial charge in [0.25, 0.3) is 0 Å². The van der Waals surface area contributed by atoms with Gasteiger partial charge in [-0.15, -0.1) is 0 Å². The van der Waals surface area contributed by atoms with Gasteiger partial charge in [0.1, 0.15) is 0 Å². The SMILES string of the molecule is CC(CNC(C)(C)C)SC1CCCCC1. The van der Waals surface area contributed by atoms with Gasteiger partial charge in [-0.1, -0.05) is 26.2 Å². The smallest absolute Gasteiger partial charge is 0.0147 e. The second-order valence-electron chi connectivity index (χ2n) is 5.84. The number of hydrogen-bond donors (Lipinski definition) is 1. The van der Waals surface area contributed by atoms with Gasteiger partial charge in [-0.3, -0.25) is 0 Å². The highest BCUT2D eigenvalue weighted by Gasteiger charge is 2.18. The van der Waals surface area contributed by atoms with Crippen LogP contribution in [-0.4, -0.2) is 22.6 Å². The maximum atomic E-state index is 3.59. The topological polar surface area (TPSA) is 12.0 Å². The summed E-state index contributed by atoms with van der Waals surface area (Å²) in [5.41, 5.74) is 0.265. The standard InChI is InChI=1S/C13H27NS/c1-11(10-14-13(2,3)4)15-12-8-6-5-7-9-12/h11-12,14H,5-10H2,1-4H3. The lowest BCUT2D eigenvalue weighted by atomic mass is 10.0. The first-order valence-corrected chi connectivity index (χ1v) is 7.32. The summed E-state index contributed by atoms with van der Waals surface area (Å²) in [6.45, 7) is 10.2. The van der Waals surface area contributed by atoms with Crippen molar-refractivity contribution in [2.45, 2.75) is 75.8 Å². The fraction of sp³-hybridized carbons (Fsp3) is 1.00. The maximum Gasteiger partial charge on any atom is 0.0147 e. The van der Waals surface area contributed by atoms with Gasteiger partial charge in [-0.2, -0.15) is 11.8 Å². The minimum atomic E-state index is 0.265. The highest BCUT2D eigenvalue weighted by atomic mass is 32.2. The van der Waals surface area contributed by atoms with E-state index in [4.69, 9.17) is 0 Å². The van der Waals surface area contributed by atoms with Crippen LogP contribution >= 0.6 is 11.8 Å². The Morgan fingerprint density at radius 1 is 1.20 bits per heavy atom. The fourth-order valence-corrected chi connectivity index (χ4v) is 3.47. The number of rotatable bonds is 4. The molecule has 0 radical (unpaired) electrons.